The Bertz CT molecular complexity index is 398. The first-order valence-corrected chi connectivity index (χ1v) is 7.76. The molecule has 0 fully saturated rings. The Labute approximate surface area is 128 Å². The van der Waals surface area contributed by atoms with Crippen LogP contribution in [-0.4, -0.2) is 32.8 Å². The molecule has 20 heavy (non-hydrogen) atoms. The monoisotopic (exact) mass is 298 g/mol. The number of methoxy groups -OCH3 is 1. The van der Waals surface area contributed by atoms with Crippen LogP contribution in [0.5, 0.6) is 0 Å². The van der Waals surface area contributed by atoms with Crippen LogP contribution in [0.25, 0.3) is 0 Å². The van der Waals surface area contributed by atoms with Crippen molar-refractivity contribution in [2.45, 2.75) is 39.8 Å². The molecule has 1 N–H and O–H groups in total. The van der Waals surface area contributed by atoms with Crippen molar-refractivity contribution in [3.8, 4) is 0 Å². The lowest BCUT2D eigenvalue weighted by molar-refractivity contribution is 0.203. The molecule has 0 aliphatic rings. The standard InChI is InChI=1S/C16H27ClN2O/c1-5-13(3)19(9-10-20-4)16-11-15(17)8-7-14(16)12-18-6-2/h7-8,11,13,18H,5-6,9-10,12H2,1-4H3. The highest BCUT2D eigenvalue weighted by Crippen LogP contribution is 2.27. The van der Waals surface area contributed by atoms with E-state index in [9.17, 15) is 0 Å². The number of nitrogens with one attached hydrogen (secondary N) is 1. The van der Waals surface area contributed by atoms with Gasteiger partial charge in [0.05, 0.1) is 6.61 Å². The van der Waals surface area contributed by atoms with Gasteiger partial charge in [-0.25, -0.2) is 0 Å². The van der Waals surface area contributed by atoms with E-state index in [0.717, 1.165) is 37.7 Å². The van der Waals surface area contributed by atoms with Crippen LogP contribution >= 0.6 is 11.6 Å². The summed E-state index contributed by atoms with van der Waals surface area (Å²) < 4.78 is 5.25. The van der Waals surface area contributed by atoms with Crippen molar-refractivity contribution in [3.05, 3.63) is 28.8 Å². The van der Waals surface area contributed by atoms with E-state index in [0.29, 0.717) is 6.04 Å². The fraction of sp³-hybridized carbons (Fsp3) is 0.625. The van der Waals surface area contributed by atoms with Crippen LogP contribution in [0.2, 0.25) is 5.02 Å². The Balaban J connectivity index is 3.04. The second-order valence-corrected chi connectivity index (χ2v) is 5.43. The fourth-order valence-electron chi connectivity index (χ4n) is 2.20. The molecule has 0 aromatic heterocycles. The molecule has 1 unspecified atom stereocenters. The predicted molar refractivity (Wildman–Crippen MR) is 87.8 cm³/mol. The minimum atomic E-state index is 0.462. The van der Waals surface area contributed by atoms with Crippen molar-refractivity contribution in [3.63, 3.8) is 0 Å². The molecule has 0 heterocycles. The molecule has 1 atom stereocenters. The quantitative estimate of drug-likeness (QED) is 0.752. The van der Waals surface area contributed by atoms with Crippen molar-refractivity contribution < 1.29 is 4.74 Å². The maximum Gasteiger partial charge on any atom is 0.0637 e. The number of anilines is 1. The van der Waals surface area contributed by atoms with Crippen LogP contribution in [-0.2, 0) is 11.3 Å². The van der Waals surface area contributed by atoms with Crippen LogP contribution in [0, 0.1) is 0 Å². The topological polar surface area (TPSA) is 24.5 Å². The van der Waals surface area contributed by atoms with Crippen molar-refractivity contribution in [1.29, 1.82) is 0 Å². The first-order valence-electron chi connectivity index (χ1n) is 7.38. The summed E-state index contributed by atoms with van der Waals surface area (Å²) in [5.41, 5.74) is 2.50. The number of rotatable bonds is 9. The molecule has 0 aliphatic heterocycles. The van der Waals surface area contributed by atoms with E-state index in [1.165, 1.54) is 11.3 Å². The van der Waals surface area contributed by atoms with E-state index < -0.39 is 0 Å². The maximum absolute atomic E-state index is 6.20. The second kappa shape index (κ2) is 9.22. The Hall–Kier alpha value is -0.770. The highest BCUT2D eigenvalue weighted by molar-refractivity contribution is 6.30. The molecule has 3 nitrogen and oxygen atoms in total. The van der Waals surface area contributed by atoms with Crippen LogP contribution in [0.4, 0.5) is 5.69 Å². The van der Waals surface area contributed by atoms with Crippen molar-refractivity contribution in [2.24, 2.45) is 0 Å². The molecule has 1 aromatic rings. The third kappa shape index (κ3) is 4.97. The minimum Gasteiger partial charge on any atom is -0.383 e. The van der Waals surface area contributed by atoms with Gasteiger partial charge in [-0.1, -0.05) is 31.5 Å². The van der Waals surface area contributed by atoms with Crippen molar-refractivity contribution >= 4 is 17.3 Å². The van der Waals surface area contributed by atoms with E-state index in [4.69, 9.17) is 16.3 Å². The third-order valence-corrected chi connectivity index (χ3v) is 3.82. The summed E-state index contributed by atoms with van der Waals surface area (Å²) in [4.78, 5) is 2.39. The highest BCUT2D eigenvalue weighted by Gasteiger charge is 2.16. The molecule has 0 saturated heterocycles. The van der Waals surface area contributed by atoms with E-state index >= 15 is 0 Å². The lowest BCUT2D eigenvalue weighted by Gasteiger charge is -2.32. The van der Waals surface area contributed by atoms with Crippen LogP contribution in [0.1, 0.15) is 32.8 Å². The molecule has 1 rings (SSSR count). The van der Waals surface area contributed by atoms with Crippen molar-refractivity contribution in [2.75, 3.05) is 31.7 Å². The van der Waals surface area contributed by atoms with Crippen LogP contribution < -0.4 is 10.2 Å². The number of halogens is 1. The lowest BCUT2D eigenvalue weighted by atomic mass is 10.1. The molecule has 0 spiro atoms. The molecule has 0 saturated carbocycles. The molecule has 0 aliphatic carbocycles. The average molecular weight is 299 g/mol. The van der Waals surface area contributed by atoms with Gasteiger partial charge in [0.2, 0.25) is 0 Å². The lowest BCUT2D eigenvalue weighted by Crippen LogP contribution is -2.36. The van der Waals surface area contributed by atoms with Gasteiger partial charge < -0.3 is 15.0 Å². The summed E-state index contributed by atoms with van der Waals surface area (Å²) >= 11 is 6.20. The summed E-state index contributed by atoms with van der Waals surface area (Å²) in [6, 6.07) is 6.60. The van der Waals surface area contributed by atoms with Gasteiger partial charge in [0.25, 0.3) is 0 Å². The maximum atomic E-state index is 6.20. The van der Waals surface area contributed by atoms with E-state index in [2.05, 4.69) is 43.1 Å². The number of hydrogen-bond donors (Lipinski definition) is 1. The summed E-state index contributed by atoms with van der Waals surface area (Å²) in [5, 5.41) is 4.17. The zero-order chi connectivity index (χ0) is 15.0. The van der Waals surface area contributed by atoms with E-state index in [-0.39, 0.29) is 0 Å². The zero-order valence-corrected chi connectivity index (χ0v) is 13.8. The number of nitrogens with zero attached hydrogens (tertiary/aromatic N) is 1. The van der Waals surface area contributed by atoms with Gasteiger partial charge in [0, 0.05) is 37.0 Å². The van der Waals surface area contributed by atoms with Gasteiger partial charge >= 0.3 is 0 Å². The fourth-order valence-corrected chi connectivity index (χ4v) is 2.37. The Kier molecular flexibility index (Phi) is 7.97. The summed E-state index contributed by atoms with van der Waals surface area (Å²) in [6.45, 7) is 9.99. The SMILES string of the molecule is CCNCc1ccc(Cl)cc1N(CCOC)C(C)CC. The predicted octanol–water partition coefficient (Wildman–Crippen LogP) is 3.70. The largest absolute Gasteiger partial charge is 0.383 e. The van der Waals surface area contributed by atoms with Crippen LogP contribution in [0.3, 0.4) is 0 Å². The molecule has 114 valence electrons. The first-order chi connectivity index (χ1) is 9.63. The average Bonchev–Trinajstić information content (AvgIpc) is 2.46. The summed E-state index contributed by atoms with van der Waals surface area (Å²) in [7, 11) is 1.74. The van der Waals surface area contributed by atoms with Gasteiger partial charge in [-0.3, -0.25) is 0 Å². The Morgan fingerprint density at radius 3 is 2.70 bits per heavy atom. The molecule has 1 aromatic carbocycles. The van der Waals surface area contributed by atoms with E-state index in [1.54, 1.807) is 7.11 Å². The summed E-state index contributed by atoms with van der Waals surface area (Å²) in [6.07, 6.45) is 1.09. The Morgan fingerprint density at radius 1 is 1.35 bits per heavy atom. The molecule has 0 amide bonds. The van der Waals surface area contributed by atoms with Crippen molar-refractivity contribution in [1.82, 2.24) is 5.32 Å². The molecule has 4 heteroatoms. The minimum absolute atomic E-state index is 0.462. The van der Waals surface area contributed by atoms with Gasteiger partial charge in [-0.15, -0.1) is 0 Å². The molecular weight excluding hydrogens is 272 g/mol. The zero-order valence-electron chi connectivity index (χ0n) is 13.1. The number of benzene rings is 1. The summed E-state index contributed by atoms with van der Waals surface area (Å²) in [5.74, 6) is 0. The Morgan fingerprint density at radius 2 is 2.10 bits per heavy atom. The van der Waals surface area contributed by atoms with Gasteiger partial charge in [-0.2, -0.15) is 0 Å². The first kappa shape index (κ1) is 17.3. The third-order valence-electron chi connectivity index (χ3n) is 3.58. The van der Waals surface area contributed by atoms with E-state index in [1.807, 2.05) is 6.07 Å². The number of hydrogen-bond acceptors (Lipinski definition) is 3. The van der Waals surface area contributed by atoms with Gasteiger partial charge in [-0.05, 0) is 37.6 Å². The molecular formula is C16H27ClN2O. The van der Waals surface area contributed by atoms with Gasteiger partial charge in [0.15, 0.2) is 0 Å². The second-order valence-electron chi connectivity index (χ2n) is 5.00. The van der Waals surface area contributed by atoms with Crippen LogP contribution in [0.15, 0.2) is 18.2 Å². The highest BCUT2D eigenvalue weighted by atomic mass is 35.5. The molecule has 0 radical (unpaired) electrons. The normalized spacial score (nSPS) is 12.4. The number of ether oxygens (including phenoxy) is 1. The van der Waals surface area contributed by atoms with Gasteiger partial charge in [0.1, 0.15) is 0 Å². The smallest absolute Gasteiger partial charge is 0.0637 e. The molecule has 0 bridgehead atoms.